The first kappa shape index (κ1) is 25.9. The Morgan fingerprint density at radius 1 is 0.775 bits per heavy atom. The molecule has 0 atom stereocenters. The number of azo groups is 1. The molecule has 0 spiro atoms. The fraction of sp³-hybridized carbons (Fsp3) is 0.0323. The number of hydrogen-bond donors (Lipinski definition) is 3. The molecule has 0 radical (unpaired) electrons. The number of aromatic hydroxyl groups is 2. The summed E-state index contributed by atoms with van der Waals surface area (Å²) >= 11 is 0. The molecule has 1 heterocycles. The molecule has 0 saturated carbocycles. The minimum absolute atomic E-state index is 0.0552. The van der Waals surface area contributed by atoms with Crippen molar-refractivity contribution in [3.63, 3.8) is 0 Å². The zero-order valence-electron chi connectivity index (χ0n) is 21.1. The molecule has 0 aliphatic carbocycles. The van der Waals surface area contributed by atoms with Gasteiger partial charge in [0.25, 0.3) is 5.56 Å². The minimum Gasteiger partial charge on any atom is -0.507 e. The number of hydrogen-bond acceptors (Lipinski definition) is 6. The quantitative estimate of drug-likeness (QED) is 0.208. The summed E-state index contributed by atoms with van der Waals surface area (Å²) in [6.45, 7) is 0. The molecule has 9 nitrogen and oxygen atoms in total. The van der Waals surface area contributed by atoms with Crippen LogP contribution in [0.3, 0.4) is 0 Å². The lowest BCUT2D eigenvalue weighted by Gasteiger charge is -2.12. The van der Waals surface area contributed by atoms with Crippen LogP contribution >= 0.6 is 0 Å². The van der Waals surface area contributed by atoms with Gasteiger partial charge in [0.1, 0.15) is 16.9 Å². The molecule has 1 aromatic heterocycles. The maximum atomic E-state index is 14.0. The molecule has 5 aromatic rings. The maximum absolute atomic E-state index is 14.0. The van der Waals surface area contributed by atoms with Crippen molar-refractivity contribution in [1.82, 2.24) is 9.36 Å². The highest BCUT2D eigenvalue weighted by Gasteiger charge is 2.25. The molecule has 0 unspecified atom stereocenters. The molecule has 5 rings (SSSR count). The van der Waals surface area contributed by atoms with E-state index in [1.54, 1.807) is 36.4 Å². The fourth-order valence-corrected chi connectivity index (χ4v) is 4.33. The van der Waals surface area contributed by atoms with Crippen LogP contribution in [-0.2, 0) is 6.42 Å². The molecule has 40 heavy (non-hydrogen) atoms. The van der Waals surface area contributed by atoms with E-state index in [0.29, 0.717) is 16.9 Å². The van der Waals surface area contributed by atoms with Gasteiger partial charge in [0.05, 0.1) is 23.3 Å². The van der Waals surface area contributed by atoms with Gasteiger partial charge < -0.3 is 15.3 Å². The number of benzene rings is 4. The molecule has 0 bridgehead atoms. The van der Waals surface area contributed by atoms with Gasteiger partial charge in [-0.3, -0.25) is 4.79 Å². The van der Waals surface area contributed by atoms with Gasteiger partial charge in [-0.2, -0.15) is 10.2 Å². The lowest BCUT2D eigenvalue weighted by Crippen LogP contribution is -2.21. The van der Waals surface area contributed by atoms with Crippen LogP contribution in [0.15, 0.2) is 130 Å². The van der Waals surface area contributed by atoms with E-state index in [0.717, 1.165) is 5.56 Å². The smallest absolute Gasteiger partial charge is 0.339 e. The Bertz CT molecular complexity index is 1770. The van der Waals surface area contributed by atoms with E-state index in [1.165, 1.54) is 33.8 Å². The first-order chi connectivity index (χ1) is 19.4. The molecule has 9 heteroatoms. The number of carboxylic acid groups (broad SMARTS) is 1. The fourth-order valence-electron chi connectivity index (χ4n) is 4.33. The van der Waals surface area contributed by atoms with Gasteiger partial charge in [0.15, 0.2) is 0 Å². The highest BCUT2D eigenvalue weighted by molar-refractivity contribution is 5.91. The Kier molecular flexibility index (Phi) is 7.36. The van der Waals surface area contributed by atoms with Crippen molar-refractivity contribution in [3.05, 3.63) is 142 Å². The highest BCUT2D eigenvalue weighted by atomic mass is 16.4. The first-order valence-corrected chi connectivity index (χ1v) is 12.3. The highest BCUT2D eigenvalue weighted by Crippen LogP contribution is 2.31. The predicted octanol–water partition coefficient (Wildman–Crippen LogP) is 6.11. The number of carbonyl (C=O) groups is 1. The van der Waals surface area contributed by atoms with Gasteiger partial charge in [-0.15, -0.1) is 0 Å². The third-order valence-electron chi connectivity index (χ3n) is 6.19. The van der Waals surface area contributed by atoms with Crippen LogP contribution in [-0.4, -0.2) is 30.7 Å². The molecule has 0 aliphatic rings. The summed E-state index contributed by atoms with van der Waals surface area (Å²) < 4.78 is 2.85. The first-order valence-electron chi connectivity index (χ1n) is 12.3. The number of aromatic carboxylic acids is 1. The van der Waals surface area contributed by atoms with Gasteiger partial charge in [0, 0.05) is 12.5 Å². The van der Waals surface area contributed by atoms with E-state index < -0.39 is 17.3 Å². The van der Waals surface area contributed by atoms with E-state index in [1.807, 2.05) is 54.6 Å². The summed E-state index contributed by atoms with van der Waals surface area (Å²) in [7, 11) is 0. The van der Waals surface area contributed by atoms with Crippen molar-refractivity contribution >= 4 is 17.2 Å². The molecule has 4 aromatic carbocycles. The Morgan fingerprint density at radius 2 is 1.35 bits per heavy atom. The van der Waals surface area contributed by atoms with E-state index in [9.17, 15) is 19.8 Å². The van der Waals surface area contributed by atoms with Crippen molar-refractivity contribution in [2.45, 2.75) is 6.42 Å². The molecule has 0 aliphatic heterocycles. The van der Waals surface area contributed by atoms with Crippen LogP contribution in [0, 0.1) is 0 Å². The van der Waals surface area contributed by atoms with E-state index in [-0.39, 0.29) is 29.1 Å². The number of allylic oxidation sites excluding steroid dienone is 1. The number of phenols is 1. The molecular weight excluding hydrogens is 508 g/mol. The second-order valence-electron chi connectivity index (χ2n) is 8.84. The standard InChI is InChI=1S/C31H24N4O5/c36-27-19-23(16-17-26(27)31(39)40)33-32-20-22(18-21-10-4-1-5-11-21)28-29(37)34(24-12-6-2-7-13-24)35(30(28)38)25-14-8-3-9-15-25/h1-17,19-20,36-37H,18H2,(H,39,40)/b22-20-,33-32?. The normalized spacial score (nSPS) is 11.7. The van der Waals surface area contributed by atoms with Crippen LogP contribution in [0.25, 0.3) is 16.9 Å². The van der Waals surface area contributed by atoms with E-state index >= 15 is 0 Å². The lowest BCUT2D eigenvalue weighted by atomic mass is 10.0. The summed E-state index contributed by atoms with van der Waals surface area (Å²) in [6.07, 6.45) is 1.65. The van der Waals surface area contributed by atoms with Crippen molar-refractivity contribution < 1.29 is 20.1 Å². The zero-order valence-corrected chi connectivity index (χ0v) is 21.1. The summed E-state index contributed by atoms with van der Waals surface area (Å²) in [4.78, 5) is 25.2. The number of para-hydroxylation sites is 2. The average Bonchev–Trinajstić information content (AvgIpc) is 3.23. The van der Waals surface area contributed by atoms with Gasteiger partial charge in [-0.1, -0.05) is 66.7 Å². The molecule has 0 saturated heterocycles. The summed E-state index contributed by atoms with van der Waals surface area (Å²) in [5, 5.41) is 38.9. The number of aromatic nitrogens is 2. The van der Waals surface area contributed by atoms with Gasteiger partial charge >= 0.3 is 5.97 Å². The Morgan fingerprint density at radius 3 is 1.93 bits per heavy atom. The number of carboxylic acids is 1. The third kappa shape index (κ3) is 5.30. The van der Waals surface area contributed by atoms with Gasteiger partial charge in [-0.05, 0) is 47.5 Å². The molecule has 0 amide bonds. The Labute approximate surface area is 228 Å². The number of nitrogens with zero attached hydrogens (tertiary/aromatic N) is 4. The molecule has 198 valence electrons. The molecule has 3 N–H and O–H groups in total. The van der Waals surface area contributed by atoms with Crippen LogP contribution in [0.1, 0.15) is 21.5 Å². The second kappa shape index (κ2) is 11.4. The predicted molar refractivity (Wildman–Crippen MR) is 151 cm³/mol. The van der Waals surface area contributed by atoms with Gasteiger partial charge in [0.2, 0.25) is 5.88 Å². The second-order valence-corrected chi connectivity index (χ2v) is 8.84. The Hall–Kier alpha value is -5.70. The van der Waals surface area contributed by atoms with Crippen molar-refractivity contribution in [3.8, 4) is 23.0 Å². The summed E-state index contributed by atoms with van der Waals surface area (Å²) in [5.41, 5.74) is 1.99. The van der Waals surface area contributed by atoms with Crippen LogP contribution in [0.5, 0.6) is 11.6 Å². The average molecular weight is 533 g/mol. The Balaban J connectivity index is 1.67. The zero-order chi connectivity index (χ0) is 28.1. The van der Waals surface area contributed by atoms with Crippen LogP contribution in [0.2, 0.25) is 0 Å². The number of rotatable bonds is 8. The van der Waals surface area contributed by atoms with Crippen LogP contribution in [0.4, 0.5) is 5.69 Å². The topological polar surface area (TPSA) is 129 Å². The van der Waals surface area contributed by atoms with Crippen LogP contribution < -0.4 is 5.56 Å². The maximum Gasteiger partial charge on any atom is 0.339 e. The SMILES string of the molecule is O=C(O)c1ccc(N=N/C=C(/Cc2ccccc2)c2c(O)n(-c3ccccc3)n(-c3ccccc3)c2=O)cc1O. The summed E-state index contributed by atoms with van der Waals surface area (Å²) in [5.74, 6) is -1.97. The van der Waals surface area contributed by atoms with Crippen molar-refractivity contribution in [1.29, 1.82) is 0 Å². The molecule has 0 fully saturated rings. The minimum atomic E-state index is -1.26. The van der Waals surface area contributed by atoms with Crippen molar-refractivity contribution in [2.24, 2.45) is 10.2 Å². The van der Waals surface area contributed by atoms with Gasteiger partial charge in [-0.25, -0.2) is 14.2 Å². The third-order valence-corrected chi connectivity index (χ3v) is 6.19. The lowest BCUT2D eigenvalue weighted by molar-refractivity contribution is 0.0693. The van der Waals surface area contributed by atoms with E-state index in [4.69, 9.17) is 5.11 Å². The van der Waals surface area contributed by atoms with Crippen molar-refractivity contribution in [2.75, 3.05) is 0 Å². The molecular formula is C31H24N4O5. The monoisotopic (exact) mass is 532 g/mol. The largest absolute Gasteiger partial charge is 0.507 e. The summed E-state index contributed by atoms with van der Waals surface area (Å²) in [6, 6.07) is 31.3. The van der Waals surface area contributed by atoms with E-state index in [2.05, 4.69) is 10.2 Å².